The van der Waals surface area contributed by atoms with Gasteiger partial charge in [-0.3, -0.25) is 0 Å². The van der Waals surface area contributed by atoms with Gasteiger partial charge in [-0.15, -0.1) is 0 Å². The van der Waals surface area contributed by atoms with Crippen molar-refractivity contribution in [1.82, 2.24) is 5.32 Å². The second kappa shape index (κ2) is 3.86. The SMILES string of the molecule is O=C1NC(CO)C(c2ccccc2F)O1. The zero-order valence-corrected chi connectivity index (χ0v) is 7.81. The molecule has 2 N–H and O–H groups in total. The smallest absolute Gasteiger partial charge is 0.408 e. The largest absolute Gasteiger partial charge is 0.439 e. The highest BCUT2D eigenvalue weighted by Gasteiger charge is 2.36. The third kappa shape index (κ3) is 1.78. The lowest BCUT2D eigenvalue weighted by molar-refractivity contribution is 0.117. The minimum atomic E-state index is -0.760. The summed E-state index contributed by atoms with van der Waals surface area (Å²) >= 11 is 0. The van der Waals surface area contributed by atoms with Crippen LogP contribution in [0, 0.1) is 5.82 Å². The van der Waals surface area contributed by atoms with Crippen LogP contribution in [0.1, 0.15) is 11.7 Å². The first-order valence-corrected chi connectivity index (χ1v) is 4.55. The van der Waals surface area contributed by atoms with Gasteiger partial charge in [0.25, 0.3) is 0 Å². The number of ether oxygens (including phenoxy) is 1. The molecule has 1 saturated heterocycles. The third-order valence-corrected chi connectivity index (χ3v) is 2.31. The molecular weight excluding hydrogens is 201 g/mol. The Morgan fingerprint density at radius 1 is 1.47 bits per heavy atom. The molecule has 0 aliphatic carbocycles. The molecule has 2 rings (SSSR count). The number of alkyl carbamates (subject to hydrolysis) is 1. The maximum Gasteiger partial charge on any atom is 0.408 e. The number of hydrogen-bond donors (Lipinski definition) is 2. The molecule has 80 valence electrons. The molecule has 4 nitrogen and oxygen atoms in total. The first kappa shape index (κ1) is 9.92. The second-order valence-electron chi connectivity index (χ2n) is 3.28. The van der Waals surface area contributed by atoms with Gasteiger partial charge in [0.1, 0.15) is 5.82 Å². The average Bonchev–Trinajstić information content (AvgIpc) is 2.60. The van der Waals surface area contributed by atoms with E-state index in [1.165, 1.54) is 12.1 Å². The molecule has 0 saturated carbocycles. The highest BCUT2D eigenvalue weighted by molar-refractivity contribution is 5.70. The normalized spacial score (nSPS) is 24.8. The number of hydrogen-bond acceptors (Lipinski definition) is 3. The molecule has 0 spiro atoms. The van der Waals surface area contributed by atoms with Gasteiger partial charge >= 0.3 is 6.09 Å². The molecule has 1 aliphatic heterocycles. The predicted octanol–water partition coefficient (Wildman–Crippen LogP) is 0.967. The summed E-state index contributed by atoms with van der Waals surface area (Å²) in [6, 6.07) is 5.43. The fourth-order valence-corrected chi connectivity index (χ4v) is 1.59. The number of amides is 1. The van der Waals surface area contributed by atoms with Crippen molar-refractivity contribution in [2.45, 2.75) is 12.1 Å². The molecule has 1 aliphatic rings. The molecule has 1 aromatic carbocycles. The van der Waals surface area contributed by atoms with Crippen LogP contribution < -0.4 is 5.32 Å². The fraction of sp³-hybridized carbons (Fsp3) is 0.300. The summed E-state index contributed by atoms with van der Waals surface area (Å²) in [6.07, 6.45) is -1.40. The summed E-state index contributed by atoms with van der Waals surface area (Å²) < 4.78 is 18.3. The lowest BCUT2D eigenvalue weighted by Gasteiger charge is -2.15. The molecular formula is C10H10FNO3. The van der Waals surface area contributed by atoms with E-state index in [1.807, 2.05) is 0 Å². The number of aliphatic hydroxyl groups excluding tert-OH is 1. The van der Waals surface area contributed by atoms with E-state index in [1.54, 1.807) is 12.1 Å². The Balaban J connectivity index is 2.30. The van der Waals surface area contributed by atoms with Crippen LogP contribution in [-0.2, 0) is 4.74 Å². The number of carbonyl (C=O) groups excluding carboxylic acids is 1. The molecule has 2 unspecified atom stereocenters. The van der Waals surface area contributed by atoms with Gasteiger partial charge in [0.2, 0.25) is 0 Å². The van der Waals surface area contributed by atoms with E-state index in [4.69, 9.17) is 9.84 Å². The van der Waals surface area contributed by atoms with Crippen molar-refractivity contribution in [3.8, 4) is 0 Å². The molecule has 1 heterocycles. The highest BCUT2D eigenvalue weighted by Crippen LogP contribution is 2.27. The number of cyclic esters (lactones) is 1. The van der Waals surface area contributed by atoms with E-state index in [0.717, 1.165) is 0 Å². The molecule has 1 amide bonds. The van der Waals surface area contributed by atoms with Crippen LogP contribution in [0.2, 0.25) is 0 Å². The van der Waals surface area contributed by atoms with Crippen molar-refractivity contribution in [3.05, 3.63) is 35.6 Å². The second-order valence-corrected chi connectivity index (χ2v) is 3.28. The van der Waals surface area contributed by atoms with Crippen LogP contribution >= 0.6 is 0 Å². The monoisotopic (exact) mass is 211 g/mol. The molecule has 0 radical (unpaired) electrons. The van der Waals surface area contributed by atoms with Crippen molar-refractivity contribution >= 4 is 6.09 Å². The minimum absolute atomic E-state index is 0.273. The molecule has 0 bridgehead atoms. The van der Waals surface area contributed by atoms with Crippen LogP contribution in [0.25, 0.3) is 0 Å². The van der Waals surface area contributed by atoms with Gasteiger partial charge in [0.05, 0.1) is 12.6 Å². The minimum Gasteiger partial charge on any atom is -0.439 e. The van der Waals surface area contributed by atoms with Crippen molar-refractivity contribution in [1.29, 1.82) is 0 Å². The summed E-state index contributed by atoms with van der Waals surface area (Å²) in [6.45, 7) is -0.287. The molecule has 2 atom stereocenters. The van der Waals surface area contributed by atoms with Gasteiger partial charge < -0.3 is 15.2 Å². The molecule has 5 heteroatoms. The maximum absolute atomic E-state index is 13.4. The zero-order valence-electron chi connectivity index (χ0n) is 7.81. The van der Waals surface area contributed by atoms with E-state index < -0.39 is 24.1 Å². The van der Waals surface area contributed by atoms with Crippen molar-refractivity contribution < 1.29 is 19.0 Å². The first-order chi connectivity index (χ1) is 7.22. The number of carbonyl (C=O) groups is 1. The van der Waals surface area contributed by atoms with Crippen molar-refractivity contribution in [2.24, 2.45) is 0 Å². The van der Waals surface area contributed by atoms with Crippen LogP contribution in [-0.4, -0.2) is 23.8 Å². The number of benzene rings is 1. The first-order valence-electron chi connectivity index (χ1n) is 4.55. The third-order valence-electron chi connectivity index (χ3n) is 2.31. The Labute approximate surface area is 85.7 Å². The summed E-state index contributed by atoms with van der Waals surface area (Å²) in [4.78, 5) is 10.9. The van der Waals surface area contributed by atoms with Crippen LogP contribution in [0.3, 0.4) is 0 Å². The van der Waals surface area contributed by atoms with Gasteiger partial charge in [-0.25, -0.2) is 9.18 Å². The van der Waals surface area contributed by atoms with E-state index in [2.05, 4.69) is 5.32 Å². The number of halogens is 1. The number of nitrogens with one attached hydrogen (secondary N) is 1. The van der Waals surface area contributed by atoms with E-state index in [0.29, 0.717) is 0 Å². The lowest BCUT2D eigenvalue weighted by Crippen LogP contribution is -2.31. The predicted molar refractivity (Wildman–Crippen MR) is 49.6 cm³/mol. The summed E-state index contributed by atoms with van der Waals surface area (Å²) in [5.41, 5.74) is 0.273. The van der Waals surface area contributed by atoms with Crippen LogP contribution in [0.5, 0.6) is 0 Å². The highest BCUT2D eigenvalue weighted by atomic mass is 19.1. The molecule has 15 heavy (non-hydrogen) atoms. The Morgan fingerprint density at radius 2 is 2.20 bits per heavy atom. The number of aliphatic hydroxyl groups is 1. The van der Waals surface area contributed by atoms with Gasteiger partial charge in [-0.2, -0.15) is 0 Å². The van der Waals surface area contributed by atoms with Gasteiger partial charge in [0, 0.05) is 5.56 Å². The standard InChI is InChI=1S/C10H10FNO3/c11-7-4-2-1-3-6(7)9-8(5-13)12-10(14)15-9/h1-4,8-9,13H,5H2,(H,12,14). The lowest BCUT2D eigenvalue weighted by atomic mass is 10.0. The Kier molecular flexibility index (Phi) is 2.55. The van der Waals surface area contributed by atoms with Gasteiger partial charge in [0.15, 0.2) is 6.10 Å². The quantitative estimate of drug-likeness (QED) is 0.766. The summed E-state index contributed by atoms with van der Waals surface area (Å²) in [7, 11) is 0. The number of rotatable bonds is 2. The Bertz CT molecular complexity index is 383. The molecule has 1 aromatic rings. The topological polar surface area (TPSA) is 58.6 Å². The summed E-state index contributed by atoms with van der Waals surface area (Å²) in [5, 5.41) is 11.4. The van der Waals surface area contributed by atoms with E-state index in [-0.39, 0.29) is 12.2 Å². The zero-order chi connectivity index (χ0) is 10.8. The van der Waals surface area contributed by atoms with E-state index in [9.17, 15) is 9.18 Å². The fourth-order valence-electron chi connectivity index (χ4n) is 1.59. The summed E-state index contributed by atoms with van der Waals surface area (Å²) in [5.74, 6) is -0.447. The van der Waals surface area contributed by atoms with Gasteiger partial charge in [-0.1, -0.05) is 18.2 Å². The van der Waals surface area contributed by atoms with Crippen LogP contribution in [0.15, 0.2) is 24.3 Å². The van der Waals surface area contributed by atoms with E-state index >= 15 is 0 Å². The van der Waals surface area contributed by atoms with Gasteiger partial charge in [-0.05, 0) is 6.07 Å². The van der Waals surface area contributed by atoms with Crippen molar-refractivity contribution in [3.63, 3.8) is 0 Å². The average molecular weight is 211 g/mol. The van der Waals surface area contributed by atoms with Crippen molar-refractivity contribution in [2.75, 3.05) is 6.61 Å². The van der Waals surface area contributed by atoms with Crippen LogP contribution in [0.4, 0.5) is 9.18 Å². The molecule has 1 fully saturated rings. The maximum atomic E-state index is 13.4. The Hall–Kier alpha value is -1.62. The molecule has 0 aromatic heterocycles. The Morgan fingerprint density at radius 3 is 2.87 bits per heavy atom.